The van der Waals surface area contributed by atoms with Crippen LogP contribution in [0.5, 0.6) is 0 Å². The van der Waals surface area contributed by atoms with Gasteiger partial charge in [-0.15, -0.1) is 0 Å². The third-order valence-electron chi connectivity index (χ3n) is 3.51. The lowest BCUT2D eigenvalue weighted by atomic mass is 10.0. The molecule has 132 valence electrons. The summed E-state index contributed by atoms with van der Waals surface area (Å²) in [7, 11) is 0. The molecule has 0 aromatic carbocycles. The molecule has 2 aromatic rings. The average molecular weight is 341 g/mol. The molecule has 0 saturated carbocycles. The summed E-state index contributed by atoms with van der Waals surface area (Å²) in [5.41, 5.74) is -2.06. The van der Waals surface area contributed by atoms with Crippen LogP contribution in [0.1, 0.15) is 49.0 Å². The molecular formula is C16H21F2N3O3. The summed E-state index contributed by atoms with van der Waals surface area (Å²) in [5, 5.41) is 16.6. The molecule has 1 unspecified atom stereocenters. The van der Waals surface area contributed by atoms with Gasteiger partial charge in [0.1, 0.15) is 17.1 Å². The molecule has 0 aliphatic carbocycles. The van der Waals surface area contributed by atoms with Gasteiger partial charge < -0.3 is 14.8 Å². The van der Waals surface area contributed by atoms with Crippen LogP contribution in [0.3, 0.4) is 0 Å². The minimum Gasteiger partial charge on any atom is -0.466 e. The highest BCUT2D eigenvalue weighted by Gasteiger charge is 2.29. The van der Waals surface area contributed by atoms with E-state index in [1.165, 1.54) is 13.2 Å². The molecule has 24 heavy (non-hydrogen) atoms. The van der Waals surface area contributed by atoms with Crippen molar-refractivity contribution in [3.63, 3.8) is 0 Å². The zero-order chi connectivity index (χ0) is 17.9. The molecule has 1 amide bonds. The number of aliphatic hydroxyl groups is 1. The molecule has 2 rings (SSSR count). The van der Waals surface area contributed by atoms with Crippen molar-refractivity contribution in [1.29, 1.82) is 0 Å². The fraction of sp³-hybridized carbons (Fsp3) is 0.500. The SMILES string of the molecule is CC(C)Cn1ncc(C(=O)NCC(C)(O)c2ccco2)c1C(F)F. The van der Waals surface area contributed by atoms with Crippen molar-refractivity contribution in [3.8, 4) is 0 Å². The number of hydrogen-bond donors (Lipinski definition) is 2. The molecule has 6 nitrogen and oxygen atoms in total. The molecule has 1 atom stereocenters. The van der Waals surface area contributed by atoms with E-state index in [1.54, 1.807) is 12.1 Å². The summed E-state index contributed by atoms with van der Waals surface area (Å²) in [5.74, 6) is -0.336. The highest BCUT2D eigenvalue weighted by Crippen LogP contribution is 2.24. The zero-order valence-corrected chi connectivity index (χ0v) is 13.8. The van der Waals surface area contributed by atoms with E-state index in [0.29, 0.717) is 0 Å². The van der Waals surface area contributed by atoms with E-state index < -0.39 is 23.6 Å². The number of nitrogens with zero attached hydrogens (tertiary/aromatic N) is 2. The predicted molar refractivity (Wildman–Crippen MR) is 82.6 cm³/mol. The van der Waals surface area contributed by atoms with E-state index in [-0.39, 0.29) is 30.3 Å². The summed E-state index contributed by atoms with van der Waals surface area (Å²) >= 11 is 0. The number of amides is 1. The molecular weight excluding hydrogens is 320 g/mol. The highest BCUT2D eigenvalue weighted by atomic mass is 19.3. The van der Waals surface area contributed by atoms with Crippen molar-refractivity contribution in [3.05, 3.63) is 41.6 Å². The van der Waals surface area contributed by atoms with Crippen molar-refractivity contribution in [2.75, 3.05) is 6.54 Å². The first-order valence-corrected chi connectivity index (χ1v) is 7.60. The third-order valence-corrected chi connectivity index (χ3v) is 3.51. The Morgan fingerprint density at radius 1 is 1.50 bits per heavy atom. The van der Waals surface area contributed by atoms with Crippen molar-refractivity contribution in [2.24, 2.45) is 5.92 Å². The molecule has 8 heteroatoms. The monoisotopic (exact) mass is 341 g/mol. The molecule has 2 aromatic heterocycles. The number of carbonyl (C=O) groups excluding carboxylic acids is 1. The Kier molecular flexibility index (Phi) is 5.38. The number of furan rings is 1. The summed E-state index contributed by atoms with van der Waals surface area (Å²) in [6, 6.07) is 3.17. The summed E-state index contributed by atoms with van der Waals surface area (Å²) < 4.78 is 32.9. The molecule has 0 fully saturated rings. The van der Waals surface area contributed by atoms with Crippen LogP contribution < -0.4 is 5.32 Å². The lowest BCUT2D eigenvalue weighted by Crippen LogP contribution is -2.38. The van der Waals surface area contributed by atoms with Crippen LogP contribution in [0, 0.1) is 5.92 Å². The standard InChI is InChI=1S/C16H21F2N3O3/c1-10(2)8-21-13(14(17)18)11(7-20-21)15(22)19-9-16(3,23)12-5-4-6-24-12/h4-7,10,14,23H,8-9H2,1-3H3,(H,19,22). The minimum atomic E-state index is -2.82. The van der Waals surface area contributed by atoms with Crippen molar-refractivity contribution in [2.45, 2.75) is 39.3 Å². The number of rotatable bonds is 7. The maximum Gasteiger partial charge on any atom is 0.280 e. The van der Waals surface area contributed by atoms with Gasteiger partial charge in [-0.25, -0.2) is 8.78 Å². The van der Waals surface area contributed by atoms with Crippen LogP contribution in [0.4, 0.5) is 8.78 Å². The van der Waals surface area contributed by atoms with Gasteiger partial charge in [0, 0.05) is 6.54 Å². The first-order chi connectivity index (χ1) is 11.2. The van der Waals surface area contributed by atoms with Crippen molar-refractivity contribution >= 4 is 5.91 Å². The third kappa shape index (κ3) is 4.00. The van der Waals surface area contributed by atoms with Crippen molar-refractivity contribution < 1.29 is 23.1 Å². The maximum absolute atomic E-state index is 13.3. The minimum absolute atomic E-state index is 0.109. The Hall–Kier alpha value is -2.22. The van der Waals surface area contributed by atoms with E-state index >= 15 is 0 Å². The molecule has 2 N–H and O–H groups in total. The van der Waals surface area contributed by atoms with E-state index in [0.717, 1.165) is 10.9 Å². The average Bonchev–Trinajstić information content (AvgIpc) is 3.13. The molecule has 0 saturated heterocycles. The van der Waals surface area contributed by atoms with E-state index in [1.807, 2.05) is 13.8 Å². The van der Waals surface area contributed by atoms with Gasteiger partial charge in [0.2, 0.25) is 0 Å². The fourth-order valence-electron chi connectivity index (χ4n) is 2.31. The van der Waals surface area contributed by atoms with Gasteiger partial charge in [-0.3, -0.25) is 9.48 Å². The van der Waals surface area contributed by atoms with Crippen LogP contribution in [0.25, 0.3) is 0 Å². The number of aromatic nitrogens is 2. The molecule has 0 spiro atoms. The largest absolute Gasteiger partial charge is 0.466 e. The highest BCUT2D eigenvalue weighted by molar-refractivity contribution is 5.95. The molecule has 0 aliphatic heterocycles. The van der Waals surface area contributed by atoms with Gasteiger partial charge in [-0.05, 0) is 25.0 Å². The number of alkyl halides is 2. The molecule has 0 radical (unpaired) electrons. The Morgan fingerprint density at radius 3 is 2.75 bits per heavy atom. The number of hydrogen-bond acceptors (Lipinski definition) is 4. The van der Waals surface area contributed by atoms with E-state index in [9.17, 15) is 18.7 Å². The second-order valence-electron chi connectivity index (χ2n) is 6.25. The molecule has 2 heterocycles. The lowest BCUT2D eigenvalue weighted by Gasteiger charge is -2.21. The van der Waals surface area contributed by atoms with Crippen LogP contribution in [0.15, 0.2) is 29.0 Å². The van der Waals surface area contributed by atoms with E-state index in [2.05, 4.69) is 10.4 Å². The Labute approximate surface area is 138 Å². The van der Waals surface area contributed by atoms with Gasteiger partial charge in [-0.1, -0.05) is 13.8 Å². The quantitative estimate of drug-likeness (QED) is 0.811. The van der Waals surface area contributed by atoms with Crippen LogP contribution in [-0.2, 0) is 12.1 Å². The van der Waals surface area contributed by atoms with Crippen LogP contribution >= 0.6 is 0 Å². The normalized spacial score (nSPS) is 14.2. The van der Waals surface area contributed by atoms with Gasteiger partial charge >= 0.3 is 0 Å². The summed E-state index contributed by atoms with van der Waals surface area (Å²) in [4.78, 5) is 12.2. The van der Waals surface area contributed by atoms with Crippen LogP contribution in [-0.4, -0.2) is 27.3 Å². The van der Waals surface area contributed by atoms with Gasteiger partial charge in [0.25, 0.3) is 12.3 Å². The lowest BCUT2D eigenvalue weighted by molar-refractivity contribution is 0.0329. The van der Waals surface area contributed by atoms with Gasteiger partial charge in [-0.2, -0.15) is 5.10 Å². The number of carbonyl (C=O) groups is 1. The predicted octanol–water partition coefficient (Wildman–Crippen LogP) is 2.71. The second kappa shape index (κ2) is 7.12. The zero-order valence-electron chi connectivity index (χ0n) is 13.8. The molecule has 0 bridgehead atoms. The topological polar surface area (TPSA) is 80.3 Å². The summed E-state index contributed by atoms with van der Waals surface area (Å²) in [6.45, 7) is 5.31. The number of halogens is 2. The van der Waals surface area contributed by atoms with Gasteiger partial charge in [0.15, 0.2) is 0 Å². The van der Waals surface area contributed by atoms with Crippen LogP contribution in [0.2, 0.25) is 0 Å². The number of nitrogens with one attached hydrogen (secondary N) is 1. The summed E-state index contributed by atoms with van der Waals surface area (Å²) in [6.07, 6.45) is -0.297. The maximum atomic E-state index is 13.3. The Balaban J connectivity index is 2.14. The van der Waals surface area contributed by atoms with Gasteiger partial charge in [0.05, 0.1) is 24.6 Å². The van der Waals surface area contributed by atoms with Crippen molar-refractivity contribution in [1.82, 2.24) is 15.1 Å². The van der Waals surface area contributed by atoms with E-state index in [4.69, 9.17) is 4.42 Å². The fourth-order valence-corrected chi connectivity index (χ4v) is 2.31. The molecule has 0 aliphatic rings. The second-order valence-corrected chi connectivity index (χ2v) is 6.25. The smallest absolute Gasteiger partial charge is 0.280 e. The first kappa shape index (κ1) is 18.1. The first-order valence-electron chi connectivity index (χ1n) is 7.60. The Morgan fingerprint density at radius 2 is 2.21 bits per heavy atom. The Bertz CT molecular complexity index is 679.